The Hall–Kier alpha value is -3.20. The number of benzene rings is 3. The van der Waals surface area contributed by atoms with Crippen LogP contribution in [0.3, 0.4) is 0 Å². The number of alkyl halides is 5. The van der Waals surface area contributed by atoms with E-state index in [1.807, 2.05) is 54.6 Å². The van der Waals surface area contributed by atoms with Gasteiger partial charge in [0.1, 0.15) is 11.5 Å². The lowest BCUT2D eigenvalue weighted by molar-refractivity contribution is -0.284. The zero-order valence-electron chi connectivity index (χ0n) is 23.2. The summed E-state index contributed by atoms with van der Waals surface area (Å²) in [7, 11) is -1.42. The molecule has 0 spiro atoms. The van der Waals surface area contributed by atoms with E-state index in [0.29, 0.717) is 25.9 Å². The van der Waals surface area contributed by atoms with Crippen LogP contribution in [0.25, 0.3) is 11.6 Å². The maximum atomic E-state index is 12.9. The SMILES string of the molecule is O=[S@](CCCCCOc1ccc([C@@H]2CCC(c3ccccc3)=Cc3ccc(O)cc32)cc1)CCCC(F)(F)C(F)(F)F. The van der Waals surface area contributed by atoms with Crippen LogP contribution in [0.4, 0.5) is 22.0 Å². The Morgan fingerprint density at radius 1 is 0.857 bits per heavy atom. The van der Waals surface area contributed by atoms with E-state index >= 15 is 0 Å². The Kier molecular flexibility index (Phi) is 10.8. The van der Waals surface area contributed by atoms with Crippen molar-refractivity contribution in [2.75, 3.05) is 18.1 Å². The minimum atomic E-state index is -5.57. The lowest BCUT2D eigenvalue weighted by Crippen LogP contribution is -2.36. The highest BCUT2D eigenvalue weighted by Crippen LogP contribution is 2.41. The quantitative estimate of drug-likeness (QED) is 0.156. The first kappa shape index (κ1) is 31.7. The van der Waals surface area contributed by atoms with E-state index in [9.17, 15) is 31.3 Å². The average molecular weight is 607 g/mol. The smallest absolute Gasteiger partial charge is 0.453 e. The molecule has 2 atom stereocenters. The summed E-state index contributed by atoms with van der Waals surface area (Å²) in [4.78, 5) is 0. The number of fused-ring (bicyclic) bond motifs is 1. The van der Waals surface area contributed by atoms with Gasteiger partial charge in [0.25, 0.3) is 0 Å². The van der Waals surface area contributed by atoms with Crippen molar-refractivity contribution in [1.29, 1.82) is 0 Å². The van der Waals surface area contributed by atoms with Gasteiger partial charge in [-0.1, -0.05) is 54.6 Å². The maximum absolute atomic E-state index is 12.9. The van der Waals surface area contributed by atoms with Crippen LogP contribution in [0.5, 0.6) is 11.5 Å². The molecule has 0 saturated carbocycles. The summed E-state index contributed by atoms with van der Waals surface area (Å²) in [5, 5.41) is 10.2. The van der Waals surface area contributed by atoms with Gasteiger partial charge in [-0.05, 0) is 90.6 Å². The van der Waals surface area contributed by atoms with Crippen LogP contribution in [0.2, 0.25) is 0 Å². The van der Waals surface area contributed by atoms with E-state index in [2.05, 4.69) is 18.2 Å². The summed E-state index contributed by atoms with van der Waals surface area (Å²) in [5.74, 6) is -3.56. The minimum absolute atomic E-state index is 0.110. The molecule has 3 aromatic carbocycles. The number of hydrogen-bond donors (Lipinski definition) is 1. The van der Waals surface area contributed by atoms with Crippen molar-refractivity contribution < 1.29 is 36.0 Å². The van der Waals surface area contributed by atoms with Gasteiger partial charge in [0.05, 0.1) is 6.61 Å². The molecule has 42 heavy (non-hydrogen) atoms. The van der Waals surface area contributed by atoms with Gasteiger partial charge in [-0.2, -0.15) is 22.0 Å². The lowest BCUT2D eigenvalue weighted by Gasteiger charge is -2.19. The van der Waals surface area contributed by atoms with E-state index in [1.54, 1.807) is 6.07 Å². The largest absolute Gasteiger partial charge is 0.508 e. The fourth-order valence-electron chi connectivity index (χ4n) is 5.16. The van der Waals surface area contributed by atoms with Crippen LogP contribution in [-0.2, 0) is 10.8 Å². The molecule has 0 heterocycles. The van der Waals surface area contributed by atoms with Gasteiger partial charge < -0.3 is 9.84 Å². The van der Waals surface area contributed by atoms with Crippen LogP contribution >= 0.6 is 0 Å². The van der Waals surface area contributed by atoms with Crippen molar-refractivity contribution >= 4 is 22.4 Å². The summed E-state index contributed by atoms with van der Waals surface area (Å²) < 4.78 is 80.3. The molecule has 1 aliphatic carbocycles. The Balaban J connectivity index is 1.23. The number of halogens is 5. The number of aromatic hydroxyl groups is 1. The van der Waals surface area contributed by atoms with E-state index in [4.69, 9.17) is 4.74 Å². The summed E-state index contributed by atoms with van der Waals surface area (Å²) in [6.45, 7) is 0.453. The molecule has 0 radical (unpaired) electrons. The van der Waals surface area contributed by atoms with E-state index in [0.717, 1.165) is 35.3 Å². The molecule has 4 rings (SSSR count). The molecular formula is C33H35F5O3S. The summed E-state index contributed by atoms with van der Waals surface area (Å²) in [6.07, 6.45) is -1.34. The van der Waals surface area contributed by atoms with Crippen molar-refractivity contribution in [3.05, 3.63) is 95.1 Å². The maximum Gasteiger partial charge on any atom is 0.453 e. The van der Waals surface area contributed by atoms with Gasteiger partial charge in [0.2, 0.25) is 0 Å². The number of hydrogen-bond acceptors (Lipinski definition) is 3. The third-order valence-corrected chi connectivity index (χ3v) is 8.96. The second-order valence-electron chi connectivity index (χ2n) is 10.6. The van der Waals surface area contributed by atoms with Crippen LogP contribution in [0.1, 0.15) is 73.1 Å². The zero-order valence-corrected chi connectivity index (χ0v) is 24.0. The lowest BCUT2D eigenvalue weighted by atomic mass is 9.86. The number of phenols is 1. The molecule has 3 nitrogen and oxygen atoms in total. The number of ether oxygens (including phenoxy) is 1. The van der Waals surface area contributed by atoms with Crippen molar-refractivity contribution in [3.63, 3.8) is 0 Å². The molecule has 0 fully saturated rings. The summed E-state index contributed by atoms with van der Waals surface area (Å²) in [5.41, 5.74) is 5.76. The second-order valence-corrected chi connectivity index (χ2v) is 12.3. The molecule has 0 amide bonds. The van der Waals surface area contributed by atoms with Crippen LogP contribution in [0, 0.1) is 0 Å². The predicted octanol–water partition coefficient (Wildman–Crippen LogP) is 9.13. The van der Waals surface area contributed by atoms with Crippen LogP contribution in [-0.4, -0.2) is 39.5 Å². The first-order valence-electron chi connectivity index (χ1n) is 14.1. The molecule has 0 unspecified atom stereocenters. The monoisotopic (exact) mass is 606 g/mol. The fourth-order valence-corrected chi connectivity index (χ4v) is 6.36. The number of phenolic OH excluding ortho intramolecular Hbond substituents is 1. The normalized spacial score (nSPS) is 16.3. The van der Waals surface area contributed by atoms with Gasteiger partial charge in [0, 0.05) is 34.6 Å². The highest BCUT2D eigenvalue weighted by Gasteiger charge is 2.56. The van der Waals surface area contributed by atoms with Crippen molar-refractivity contribution in [3.8, 4) is 11.5 Å². The highest BCUT2D eigenvalue weighted by atomic mass is 32.2. The Bertz CT molecular complexity index is 1350. The van der Waals surface area contributed by atoms with E-state index < -0.39 is 35.7 Å². The molecule has 226 valence electrons. The molecule has 3 aromatic rings. The van der Waals surface area contributed by atoms with Crippen molar-refractivity contribution in [2.45, 2.75) is 63.0 Å². The third kappa shape index (κ3) is 8.66. The molecule has 0 bridgehead atoms. The van der Waals surface area contributed by atoms with Crippen LogP contribution < -0.4 is 4.74 Å². The fraction of sp³-hybridized carbons (Fsp3) is 0.394. The number of rotatable bonds is 13. The molecule has 1 N–H and O–H groups in total. The Morgan fingerprint density at radius 3 is 2.29 bits per heavy atom. The van der Waals surface area contributed by atoms with Gasteiger partial charge in [-0.25, -0.2) is 0 Å². The van der Waals surface area contributed by atoms with Gasteiger partial charge in [-0.3, -0.25) is 4.21 Å². The standard InChI is InChI=1S/C33H35F5O3S/c34-32(35,33(36,37)38)18-7-21-42(40)20-6-2-5-19-41-29-15-11-25(12-16-29)30-17-13-26(24-8-3-1-4-9-24)22-27-10-14-28(39)23-31(27)30/h1,3-4,8-12,14-16,22-23,30,39H,2,5-7,13,17-21H2/t30-,42+/m0/s1. The molecule has 1 aliphatic rings. The Labute approximate surface area is 245 Å². The Morgan fingerprint density at radius 2 is 1.57 bits per heavy atom. The molecule has 0 aliphatic heterocycles. The van der Waals surface area contributed by atoms with Gasteiger partial charge in [-0.15, -0.1) is 0 Å². The highest BCUT2D eigenvalue weighted by molar-refractivity contribution is 7.84. The van der Waals surface area contributed by atoms with Gasteiger partial charge in [0.15, 0.2) is 0 Å². The first-order chi connectivity index (χ1) is 20.0. The van der Waals surface area contributed by atoms with Crippen molar-refractivity contribution in [1.82, 2.24) is 0 Å². The minimum Gasteiger partial charge on any atom is -0.508 e. The zero-order chi connectivity index (χ0) is 30.2. The van der Waals surface area contributed by atoms with Crippen LogP contribution in [0.15, 0.2) is 72.8 Å². The number of unbranched alkanes of at least 4 members (excludes halogenated alkanes) is 2. The van der Waals surface area contributed by atoms with E-state index in [1.165, 1.54) is 11.1 Å². The molecule has 0 saturated heterocycles. The van der Waals surface area contributed by atoms with Gasteiger partial charge >= 0.3 is 12.1 Å². The summed E-state index contributed by atoms with van der Waals surface area (Å²) in [6, 6.07) is 23.8. The first-order valence-corrected chi connectivity index (χ1v) is 15.6. The van der Waals surface area contributed by atoms with Crippen molar-refractivity contribution in [2.24, 2.45) is 0 Å². The predicted molar refractivity (Wildman–Crippen MR) is 157 cm³/mol. The summed E-state index contributed by atoms with van der Waals surface area (Å²) >= 11 is 0. The second kappa shape index (κ2) is 14.3. The topological polar surface area (TPSA) is 46.5 Å². The molecule has 0 aromatic heterocycles. The number of allylic oxidation sites excluding steroid dienone is 1. The van der Waals surface area contributed by atoms with E-state index in [-0.39, 0.29) is 23.2 Å². The molecular weight excluding hydrogens is 571 g/mol. The molecule has 9 heteroatoms. The average Bonchev–Trinajstić information content (AvgIpc) is 3.14. The third-order valence-electron chi connectivity index (χ3n) is 7.47.